The maximum Gasteiger partial charge on any atom is 0.341 e. The summed E-state index contributed by atoms with van der Waals surface area (Å²) >= 11 is 0. The van der Waals surface area contributed by atoms with E-state index in [9.17, 15) is 14.4 Å². The molecule has 25 heavy (non-hydrogen) atoms. The zero-order valence-corrected chi connectivity index (χ0v) is 13.9. The van der Waals surface area contributed by atoms with Gasteiger partial charge in [0, 0.05) is 0 Å². The molecule has 1 aromatic carbocycles. The first-order valence-electron chi connectivity index (χ1n) is 7.90. The van der Waals surface area contributed by atoms with Crippen LogP contribution in [-0.4, -0.2) is 29.4 Å². The number of carbonyl (C=O) groups excluding carboxylic acids is 3. The van der Waals surface area contributed by atoms with Gasteiger partial charge in [0.25, 0.3) is 5.91 Å². The van der Waals surface area contributed by atoms with Gasteiger partial charge in [-0.2, -0.15) is 0 Å². The molecule has 1 saturated heterocycles. The number of nitrogens with one attached hydrogen (secondary N) is 1. The Balaban J connectivity index is 1.86. The van der Waals surface area contributed by atoms with Crippen LogP contribution >= 0.6 is 0 Å². The number of urea groups is 1. The third-order valence-corrected chi connectivity index (χ3v) is 4.17. The monoisotopic (exact) mass is 342 g/mol. The summed E-state index contributed by atoms with van der Waals surface area (Å²) < 4.78 is 10.2. The molecule has 7 nitrogen and oxygen atoms in total. The van der Waals surface area contributed by atoms with Gasteiger partial charge in [-0.15, -0.1) is 0 Å². The Hall–Kier alpha value is -3.09. The summed E-state index contributed by atoms with van der Waals surface area (Å²) in [6.07, 6.45) is 1.33. The van der Waals surface area contributed by atoms with Crippen molar-refractivity contribution >= 4 is 17.9 Å². The fourth-order valence-electron chi connectivity index (χ4n) is 2.81. The molecule has 0 unspecified atom stereocenters. The number of imide groups is 1. The van der Waals surface area contributed by atoms with Gasteiger partial charge in [0.15, 0.2) is 0 Å². The van der Waals surface area contributed by atoms with Gasteiger partial charge in [0.05, 0.1) is 19.4 Å². The van der Waals surface area contributed by atoms with Gasteiger partial charge in [-0.05, 0) is 25.5 Å². The summed E-state index contributed by atoms with van der Waals surface area (Å²) in [4.78, 5) is 38.2. The number of carbonyl (C=O) groups is 3. The molecule has 0 radical (unpaired) electrons. The molecule has 3 rings (SSSR count). The first-order chi connectivity index (χ1) is 12.0. The largest absolute Gasteiger partial charge is 0.467 e. The molecule has 0 aliphatic carbocycles. The minimum atomic E-state index is -1.16. The van der Waals surface area contributed by atoms with Crippen LogP contribution in [0.5, 0.6) is 0 Å². The molecule has 1 aliphatic rings. The number of hydrogen-bond acceptors (Lipinski definition) is 5. The first kappa shape index (κ1) is 16.8. The van der Waals surface area contributed by atoms with Crippen molar-refractivity contribution in [2.45, 2.75) is 25.9 Å². The molecule has 0 bridgehead atoms. The number of ether oxygens (including phenoxy) is 1. The first-order valence-corrected chi connectivity index (χ1v) is 7.90. The van der Waals surface area contributed by atoms with Crippen LogP contribution in [0.4, 0.5) is 4.79 Å². The normalized spacial score (nSPS) is 19.8. The third kappa shape index (κ3) is 2.88. The lowest BCUT2D eigenvalue weighted by atomic mass is 9.92. The van der Waals surface area contributed by atoms with Crippen LogP contribution in [-0.2, 0) is 21.6 Å². The van der Waals surface area contributed by atoms with E-state index in [-0.39, 0.29) is 24.5 Å². The highest BCUT2D eigenvalue weighted by atomic mass is 16.5. The van der Waals surface area contributed by atoms with E-state index >= 15 is 0 Å². The van der Waals surface area contributed by atoms with Crippen molar-refractivity contribution in [2.24, 2.45) is 0 Å². The third-order valence-electron chi connectivity index (χ3n) is 4.17. The Morgan fingerprint density at radius 3 is 2.64 bits per heavy atom. The predicted octanol–water partition coefficient (Wildman–Crippen LogP) is 2.42. The number of nitrogens with zero attached hydrogens (tertiary/aromatic N) is 1. The van der Waals surface area contributed by atoms with E-state index in [1.54, 1.807) is 38.1 Å². The number of hydrogen-bond donors (Lipinski definition) is 1. The van der Waals surface area contributed by atoms with Crippen molar-refractivity contribution in [3.63, 3.8) is 0 Å². The molecule has 2 heterocycles. The number of benzene rings is 1. The summed E-state index contributed by atoms with van der Waals surface area (Å²) in [5.41, 5.74) is -0.272. The van der Waals surface area contributed by atoms with Gasteiger partial charge < -0.3 is 14.5 Å². The van der Waals surface area contributed by atoms with Gasteiger partial charge in [-0.1, -0.05) is 30.3 Å². The minimum absolute atomic E-state index is 0.145. The summed E-state index contributed by atoms with van der Waals surface area (Å²) in [6, 6.07) is 9.91. The smallest absolute Gasteiger partial charge is 0.341 e. The van der Waals surface area contributed by atoms with Crippen molar-refractivity contribution in [1.29, 1.82) is 0 Å². The highest BCUT2D eigenvalue weighted by molar-refractivity contribution is 6.07. The molecule has 1 atom stereocenters. The molecule has 7 heteroatoms. The van der Waals surface area contributed by atoms with Gasteiger partial charge in [-0.25, -0.2) is 9.59 Å². The van der Waals surface area contributed by atoms with Crippen LogP contribution in [0.1, 0.15) is 35.5 Å². The standard InChI is InChI=1S/C18H18N2O5/c1-3-24-15(21)13-9-10-25-14(13)11-20-16(22)18(2,19-17(20)23)12-7-5-4-6-8-12/h4-10H,3,11H2,1-2H3,(H,19,23)/t18-/m0/s1. The SMILES string of the molecule is CCOC(=O)c1ccoc1CN1C(=O)N[C@@](C)(c2ccccc2)C1=O. The lowest BCUT2D eigenvalue weighted by Gasteiger charge is -2.22. The molecule has 0 saturated carbocycles. The zero-order valence-electron chi connectivity index (χ0n) is 13.9. The lowest BCUT2D eigenvalue weighted by Crippen LogP contribution is -2.40. The number of esters is 1. The second kappa shape index (κ2) is 6.43. The summed E-state index contributed by atoms with van der Waals surface area (Å²) in [6.45, 7) is 3.42. The van der Waals surface area contributed by atoms with E-state index in [2.05, 4.69) is 5.32 Å². The molecule has 1 fully saturated rings. The Kier molecular flexibility index (Phi) is 4.31. The Morgan fingerprint density at radius 2 is 1.96 bits per heavy atom. The van der Waals surface area contributed by atoms with E-state index in [0.29, 0.717) is 5.56 Å². The maximum atomic E-state index is 12.9. The van der Waals surface area contributed by atoms with Gasteiger partial charge >= 0.3 is 12.0 Å². The van der Waals surface area contributed by atoms with Crippen LogP contribution < -0.4 is 5.32 Å². The quantitative estimate of drug-likeness (QED) is 0.666. The average Bonchev–Trinajstić information content (AvgIpc) is 3.15. The van der Waals surface area contributed by atoms with Gasteiger partial charge in [-0.3, -0.25) is 9.69 Å². The van der Waals surface area contributed by atoms with Crippen LogP contribution in [0.25, 0.3) is 0 Å². The lowest BCUT2D eigenvalue weighted by molar-refractivity contribution is -0.131. The van der Waals surface area contributed by atoms with Crippen molar-refractivity contribution in [3.8, 4) is 0 Å². The van der Waals surface area contributed by atoms with Crippen molar-refractivity contribution in [3.05, 3.63) is 59.5 Å². The van der Waals surface area contributed by atoms with Gasteiger partial charge in [0.2, 0.25) is 0 Å². The van der Waals surface area contributed by atoms with E-state index in [4.69, 9.17) is 9.15 Å². The average molecular weight is 342 g/mol. The van der Waals surface area contributed by atoms with E-state index in [1.165, 1.54) is 12.3 Å². The number of amides is 3. The highest BCUT2D eigenvalue weighted by Crippen LogP contribution is 2.30. The zero-order chi connectivity index (χ0) is 18.0. The van der Waals surface area contributed by atoms with Crippen molar-refractivity contribution in [2.75, 3.05) is 6.61 Å². The molecular formula is C18H18N2O5. The molecule has 130 valence electrons. The van der Waals surface area contributed by atoms with Crippen LogP contribution in [0.3, 0.4) is 0 Å². The highest BCUT2D eigenvalue weighted by Gasteiger charge is 2.49. The molecule has 0 spiro atoms. The molecule has 3 amide bonds. The fourth-order valence-corrected chi connectivity index (χ4v) is 2.81. The minimum Gasteiger partial charge on any atom is -0.467 e. The summed E-state index contributed by atoms with van der Waals surface area (Å²) in [5.74, 6) is -0.752. The van der Waals surface area contributed by atoms with E-state index in [0.717, 1.165) is 4.90 Å². The Labute approximate surface area is 144 Å². The van der Waals surface area contributed by atoms with E-state index < -0.39 is 23.4 Å². The Morgan fingerprint density at radius 1 is 1.24 bits per heavy atom. The van der Waals surface area contributed by atoms with Crippen molar-refractivity contribution in [1.82, 2.24) is 10.2 Å². The fraction of sp³-hybridized carbons (Fsp3) is 0.278. The molecule has 1 N–H and O–H groups in total. The van der Waals surface area contributed by atoms with Gasteiger partial charge in [0.1, 0.15) is 16.9 Å². The number of furan rings is 1. The molecule has 1 aromatic heterocycles. The number of rotatable bonds is 5. The summed E-state index contributed by atoms with van der Waals surface area (Å²) in [5, 5.41) is 2.71. The predicted molar refractivity (Wildman–Crippen MR) is 87.5 cm³/mol. The second-order valence-corrected chi connectivity index (χ2v) is 5.79. The van der Waals surface area contributed by atoms with Crippen LogP contribution in [0, 0.1) is 0 Å². The molecular weight excluding hydrogens is 324 g/mol. The Bertz CT molecular complexity index is 814. The molecule has 1 aliphatic heterocycles. The summed E-state index contributed by atoms with van der Waals surface area (Å²) in [7, 11) is 0. The molecule has 2 aromatic rings. The maximum absolute atomic E-state index is 12.9. The second-order valence-electron chi connectivity index (χ2n) is 5.79. The van der Waals surface area contributed by atoms with Crippen LogP contribution in [0.15, 0.2) is 47.1 Å². The van der Waals surface area contributed by atoms with E-state index in [1.807, 2.05) is 6.07 Å². The van der Waals surface area contributed by atoms with Crippen LogP contribution in [0.2, 0.25) is 0 Å². The van der Waals surface area contributed by atoms with Crippen molar-refractivity contribution < 1.29 is 23.5 Å². The topological polar surface area (TPSA) is 88.8 Å².